The zero-order valence-electron chi connectivity index (χ0n) is 14.8. The second-order valence-corrected chi connectivity index (χ2v) is 9.58. The first-order valence-electron chi connectivity index (χ1n) is 9.08. The molecule has 3 atom stereocenters. The Kier molecular flexibility index (Phi) is 5.32. The van der Waals surface area contributed by atoms with E-state index in [1.54, 1.807) is 4.90 Å². The number of benzene rings is 1. The van der Waals surface area contributed by atoms with Gasteiger partial charge in [-0.1, -0.05) is 19.3 Å². The molecule has 1 saturated heterocycles. The number of fused-ring (bicyclic) bond motifs is 1. The Hall–Kier alpha value is -1.96. The maximum Gasteiger partial charge on any atom is 0.269 e. The van der Waals surface area contributed by atoms with Crippen molar-refractivity contribution in [2.75, 3.05) is 13.1 Å². The molecule has 1 aliphatic carbocycles. The van der Waals surface area contributed by atoms with E-state index in [4.69, 9.17) is 0 Å². The summed E-state index contributed by atoms with van der Waals surface area (Å²) in [5, 5.41) is 9.53. The first-order valence-corrected chi connectivity index (χ1v) is 10.6. The molecule has 0 spiro atoms. The van der Waals surface area contributed by atoms with Gasteiger partial charge in [0.05, 0.1) is 9.82 Å². The number of hydrogen-bond acceptors (Lipinski definition) is 5. The lowest BCUT2D eigenvalue weighted by atomic mass is 9.75. The molecule has 2 fully saturated rings. The molecule has 8 heteroatoms. The van der Waals surface area contributed by atoms with Gasteiger partial charge in [0.15, 0.2) is 9.84 Å². The summed E-state index contributed by atoms with van der Waals surface area (Å²) in [5.41, 5.74) is -0.178. The molecule has 0 aromatic heterocycles. The standard InChI is InChI=1S/C18H24N2O5S/c1-13(26(24,25)17-8-6-16(7-9-17)20(22)23)18(21)19-11-10-14-4-2-3-5-15(14)12-19/h6-9,13-15H,2-5,10-12H2,1H3/t13-,14-,15+/m0/s1. The molecule has 0 unspecified atom stereocenters. The number of carbonyl (C=O) groups excluding carboxylic acids is 1. The molecular weight excluding hydrogens is 356 g/mol. The number of amides is 1. The predicted octanol–water partition coefficient (Wildman–Crippen LogP) is 2.80. The third-order valence-corrected chi connectivity index (χ3v) is 7.85. The summed E-state index contributed by atoms with van der Waals surface area (Å²) >= 11 is 0. The van der Waals surface area contributed by atoms with Crippen LogP contribution in [0.1, 0.15) is 39.0 Å². The van der Waals surface area contributed by atoms with Crippen molar-refractivity contribution in [3.8, 4) is 0 Å². The van der Waals surface area contributed by atoms with Crippen molar-refractivity contribution in [2.45, 2.75) is 49.2 Å². The van der Waals surface area contributed by atoms with Gasteiger partial charge in [0.1, 0.15) is 5.25 Å². The maximum absolute atomic E-state index is 12.8. The summed E-state index contributed by atoms with van der Waals surface area (Å²) in [6, 6.07) is 4.70. The number of piperidine rings is 1. The SMILES string of the molecule is C[C@@H](C(=O)N1CC[C@@H]2CCCC[C@@H]2C1)S(=O)(=O)c1ccc([N+](=O)[O-])cc1. The molecule has 1 aromatic carbocycles. The van der Waals surface area contributed by atoms with Gasteiger partial charge in [-0.3, -0.25) is 14.9 Å². The smallest absolute Gasteiger partial charge is 0.269 e. The molecule has 1 heterocycles. The summed E-state index contributed by atoms with van der Waals surface area (Å²) in [6.07, 6.45) is 5.70. The van der Waals surface area contributed by atoms with Gasteiger partial charge >= 0.3 is 0 Å². The van der Waals surface area contributed by atoms with Crippen LogP contribution in [0.4, 0.5) is 5.69 Å². The molecule has 2 aliphatic rings. The van der Waals surface area contributed by atoms with Gasteiger partial charge in [-0.15, -0.1) is 0 Å². The van der Waals surface area contributed by atoms with Crippen molar-refractivity contribution < 1.29 is 18.1 Å². The number of carbonyl (C=O) groups is 1. The van der Waals surface area contributed by atoms with Crippen molar-refractivity contribution in [1.29, 1.82) is 0 Å². The number of rotatable bonds is 4. The lowest BCUT2D eigenvalue weighted by molar-refractivity contribution is -0.384. The van der Waals surface area contributed by atoms with Gasteiger partial charge in [0.25, 0.3) is 5.69 Å². The Balaban J connectivity index is 1.73. The number of non-ortho nitro benzene ring substituents is 1. The summed E-state index contributed by atoms with van der Waals surface area (Å²) in [5.74, 6) is 0.775. The molecule has 0 N–H and O–H groups in total. The Bertz CT molecular complexity index is 790. The van der Waals surface area contributed by atoms with Crippen LogP contribution in [0.5, 0.6) is 0 Å². The number of likely N-dealkylation sites (tertiary alicyclic amines) is 1. The van der Waals surface area contributed by atoms with E-state index in [-0.39, 0.29) is 16.5 Å². The Morgan fingerprint density at radius 3 is 2.38 bits per heavy atom. The summed E-state index contributed by atoms with van der Waals surface area (Å²) < 4.78 is 25.5. The molecule has 1 aromatic rings. The van der Waals surface area contributed by atoms with Crippen LogP contribution in [-0.4, -0.2) is 42.5 Å². The van der Waals surface area contributed by atoms with Gasteiger partial charge in [-0.2, -0.15) is 0 Å². The molecule has 0 bridgehead atoms. The van der Waals surface area contributed by atoms with Gasteiger partial charge < -0.3 is 4.90 Å². The molecule has 26 heavy (non-hydrogen) atoms. The lowest BCUT2D eigenvalue weighted by Crippen LogP contribution is -2.49. The minimum Gasteiger partial charge on any atom is -0.341 e. The molecule has 1 aliphatic heterocycles. The highest BCUT2D eigenvalue weighted by Crippen LogP contribution is 2.36. The van der Waals surface area contributed by atoms with E-state index >= 15 is 0 Å². The van der Waals surface area contributed by atoms with E-state index < -0.39 is 20.0 Å². The first kappa shape index (κ1) is 18.8. The second kappa shape index (κ2) is 7.34. The van der Waals surface area contributed by atoms with Crippen molar-refractivity contribution in [3.05, 3.63) is 34.4 Å². The Morgan fingerprint density at radius 2 is 1.77 bits per heavy atom. The van der Waals surface area contributed by atoms with Gasteiger partial charge in [0.2, 0.25) is 5.91 Å². The van der Waals surface area contributed by atoms with Crippen LogP contribution >= 0.6 is 0 Å². The summed E-state index contributed by atoms with van der Waals surface area (Å²) in [7, 11) is -3.87. The fraction of sp³-hybridized carbons (Fsp3) is 0.611. The first-order chi connectivity index (χ1) is 12.3. The molecule has 7 nitrogen and oxygen atoms in total. The van der Waals surface area contributed by atoms with Crippen molar-refractivity contribution in [1.82, 2.24) is 4.90 Å². The van der Waals surface area contributed by atoms with Crippen molar-refractivity contribution >= 4 is 21.4 Å². The van der Waals surface area contributed by atoms with Gasteiger partial charge in [0, 0.05) is 25.2 Å². The van der Waals surface area contributed by atoms with E-state index in [2.05, 4.69) is 0 Å². The minimum atomic E-state index is -3.87. The third-order valence-electron chi connectivity index (χ3n) is 5.79. The Morgan fingerprint density at radius 1 is 1.15 bits per heavy atom. The van der Waals surface area contributed by atoms with Crippen LogP contribution in [0.2, 0.25) is 0 Å². The van der Waals surface area contributed by atoms with E-state index in [0.29, 0.717) is 24.9 Å². The number of nitro benzene ring substituents is 1. The number of hydrogen-bond donors (Lipinski definition) is 0. The fourth-order valence-corrected chi connectivity index (χ4v) is 5.49. The normalized spacial score (nSPS) is 24.6. The highest BCUT2D eigenvalue weighted by molar-refractivity contribution is 7.92. The maximum atomic E-state index is 12.8. The number of sulfone groups is 1. The minimum absolute atomic E-state index is 0.0588. The third kappa shape index (κ3) is 3.60. The molecular formula is C18H24N2O5S. The van der Waals surface area contributed by atoms with Crippen LogP contribution in [0, 0.1) is 22.0 Å². The molecule has 1 saturated carbocycles. The highest BCUT2D eigenvalue weighted by atomic mass is 32.2. The quantitative estimate of drug-likeness (QED) is 0.591. The molecule has 3 rings (SSSR count). The van der Waals surface area contributed by atoms with Crippen molar-refractivity contribution in [2.24, 2.45) is 11.8 Å². The highest BCUT2D eigenvalue weighted by Gasteiger charge is 2.38. The van der Waals surface area contributed by atoms with E-state index in [0.717, 1.165) is 25.0 Å². The van der Waals surface area contributed by atoms with E-state index in [1.807, 2.05) is 0 Å². The number of nitrogens with zero attached hydrogens (tertiary/aromatic N) is 2. The van der Waals surface area contributed by atoms with Crippen LogP contribution in [0.25, 0.3) is 0 Å². The molecule has 0 radical (unpaired) electrons. The number of nitro groups is 1. The largest absolute Gasteiger partial charge is 0.341 e. The van der Waals surface area contributed by atoms with Gasteiger partial charge in [-0.05, 0) is 43.7 Å². The monoisotopic (exact) mass is 380 g/mol. The summed E-state index contributed by atoms with van der Waals surface area (Å²) in [4.78, 5) is 24.6. The topological polar surface area (TPSA) is 97.6 Å². The summed E-state index contributed by atoms with van der Waals surface area (Å²) in [6.45, 7) is 2.66. The predicted molar refractivity (Wildman–Crippen MR) is 96.4 cm³/mol. The van der Waals surface area contributed by atoms with Crippen LogP contribution in [0.3, 0.4) is 0 Å². The van der Waals surface area contributed by atoms with E-state index in [1.165, 1.54) is 38.3 Å². The van der Waals surface area contributed by atoms with Gasteiger partial charge in [-0.25, -0.2) is 8.42 Å². The van der Waals surface area contributed by atoms with Crippen LogP contribution in [-0.2, 0) is 14.6 Å². The van der Waals surface area contributed by atoms with E-state index in [9.17, 15) is 23.3 Å². The van der Waals surface area contributed by atoms with Crippen LogP contribution in [0.15, 0.2) is 29.2 Å². The average molecular weight is 380 g/mol. The Labute approximate surface area is 153 Å². The van der Waals surface area contributed by atoms with Crippen LogP contribution < -0.4 is 0 Å². The average Bonchev–Trinajstić information content (AvgIpc) is 2.66. The fourth-order valence-electron chi connectivity index (χ4n) is 4.15. The zero-order valence-corrected chi connectivity index (χ0v) is 15.7. The van der Waals surface area contributed by atoms with Crippen molar-refractivity contribution in [3.63, 3.8) is 0 Å². The zero-order chi connectivity index (χ0) is 18.9. The molecule has 142 valence electrons. The molecule has 1 amide bonds. The lowest BCUT2D eigenvalue weighted by Gasteiger charge is -2.41. The second-order valence-electron chi connectivity index (χ2n) is 7.32.